The smallest absolute Gasteiger partial charge is 0.157 e. The van der Waals surface area contributed by atoms with Gasteiger partial charge in [-0.3, -0.25) is 0 Å². The minimum absolute atomic E-state index is 0.0155. The third kappa shape index (κ3) is 3.12. The lowest BCUT2D eigenvalue weighted by molar-refractivity contribution is 0.401. The predicted molar refractivity (Wildman–Crippen MR) is 128 cm³/mol. The number of rotatable bonds is 1. The minimum Gasteiger partial charge on any atom is -0.508 e. The van der Waals surface area contributed by atoms with Gasteiger partial charge in [-0.2, -0.15) is 0 Å². The highest BCUT2D eigenvalue weighted by Gasteiger charge is 2.37. The lowest BCUT2D eigenvalue weighted by Gasteiger charge is -2.30. The first-order valence-corrected chi connectivity index (χ1v) is 11.2. The Balaban J connectivity index is 1.68. The Morgan fingerprint density at radius 1 is 0.514 bits per heavy atom. The molecule has 0 heterocycles. The van der Waals surface area contributed by atoms with Crippen LogP contribution in [0.2, 0.25) is 0 Å². The summed E-state index contributed by atoms with van der Waals surface area (Å²) in [5.74, 6) is -1.92. The Bertz CT molecular complexity index is 1540. The molecular weight excluding hydrogens is 448 g/mol. The SMILES string of the molecule is Oc1cc(O)c2c(c1)C[C@@H]1c3cc(O)c(O)cc3[C@H](c3ccc(O)c(O)c3)Cc3cc(O)cc-2c31. The van der Waals surface area contributed by atoms with Crippen LogP contribution in [-0.4, -0.2) is 35.7 Å². The Labute approximate surface area is 200 Å². The molecule has 0 saturated carbocycles. The molecule has 0 spiro atoms. The van der Waals surface area contributed by atoms with Gasteiger partial charge in [-0.05, 0) is 94.3 Å². The van der Waals surface area contributed by atoms with Crippen LogP contribution in [0.1, 0.15) is 45.2 Å². The average Bonchev–Trinajstić information content (AvgIpc) is 2.91. The van der Waals surface area contributed by atoms with E-state index in [1.807, 2.05) is 0 Å². The molecule has 2 aliphatic rings. The molecule has 0 unspecified atom stereocenters. The van der Waals surface area contributed by atoms with Gasteiger partial charge >= 0.3 is 0 Å². The van der Waals surface area contributed by atoms with Gasteiger partial charge in [-0.25, -0.2) is 0 Å². The van der Waals surface area contributed by atoms with E-state index in [0.29, 0.717) is 35.1 Å². The maximum atomic E-state index is 10.7. The summed E-state index contributed by atoms with van der Waals surface area (Å²) >= 11 is 0. The minimum atomic E-state index is -0.385. The molecule has 2 aliphatic carbocycles. The van der Waals surface area contributed by atoms with Gasteiger partial charge in [0.05, 0.1) is 0 Å². The highest BCUT2D eigenvalue weighted by molar-refractivity contribution is 5.83. The van der Waals surface area contributed by atoms with Crippen LogP contribution < -0.4 is 0 Å². The fourth-order valence-corrected chi connectivity index (χ4v) is 5.81. The van der Waals surface area contributed by atoms with E-state index < -0.39 is 0 Å². The second-order valence-corrected chi connectivity index (χ2v) is 9.30. The third-order valence-corrected chi connectivity index (χ3v) is 7.23. The summed E-state index contributed by atoms with van der Waals surface area (Å²) in [6.45, 7) is 0. The molecule has 0 bridgehead atoms. The number of benzene rings is 4. The molecule has 0 fully saturated rings. The van der Waals surface area contributed by atoms with Crippen LogP contribution >= 0.6 is 0 Å². The number of hydrogen-bond donors (Lipinski definition) is 7. The summed E-state index contributed by atoms with van der Waals surface area (Å²) in [7, 11) is 0. The summed E-state index contributed by atoms with van der Waals surface area (Å²) in [5, 5.41) is 72.3. The van der Waals surface area contributed by atoms with Crippen molar-refractivity contribution in [1.29, 1.82) is 0 Å². The van der Waals surface area contributed by atoms with Crippen LogP contribution in [0.3, 0.4) is 0 Å². The standard InChI is InChI=1S/C28H22O7/c29-15-3-13-5-17(12-1-2-22(31)23(32)7-12)18-10-24(33)25(34)11-19(18)20-6-14-4-16(30)9-26(35)28(14)21(8-15)27(13)20/h1-4,7-11,17,20,29-35H,5-6H2/t17-,20+/m0/s1. The predicted octanol–water partition coefficient (Wildman–Crippen LogP) is 4.67. The fraction of sp³-hybridized carbons (Fsp3) is 0.143. The van der Waals surface area contributed by atoms with E-state index in [4.69, 9.17) is 0 Å². The van der Waals surface area contributed by atoms with Crippen molar-refractivity contribution in [3.63, 3.8) is 0 Å². The first kappa shape index (κ1) is 21.0. The lowest BCUT2D eigenvalue weighted by Crippen LogP contribution is -2.14. The van der Waals surface area contributed by atoms with Gasteiger partial charge in [0.25, 0.3) is 0 Å². The number of phenolic OH excluding ortho intramolecular Hbond substituents is 7. The van der Waals surface area contributed by atoms with Crippen molar-refractivity contribution in [3.05, 3.63) is 88.0 Å². The van der Waals surface area contributed by atoms with Gasteiger partial charge in [-0.1, -0.05) is 6.07 Å². The van der Waals surface area contributed by atoms with Crippen molar-refractivity contribution in [2.45, 2.75) is 24.7 Å². The van der Waals surface area contributed by atoms with Gasteiger partial charge in [0.2, 0.25) is 0 Å². The number of phenols is 7. The van der Waals surface area contributed by atoms with Crippen LogP contribution in [0, 0.1) is 0 Å². The summed E-state index contributed by atoms with van der Waals surface area (Å²) in [4.78, 5) is 0. The zero-order valence-electron chi connectivity index (χ0n) is 18.4. The fourth-order valence-electron chi connectivity index (χ4n) is 5.81. The van der Waals surface area contributed by atoms with E-state index in [1.54, 1.807) is 24.3 Å². The van der Waals surface area contributed by atoms with Crippen LogP contribution in [-0.2, 0) is 12.8 Å². The molecular formula is C28H22O7. The Morgan fingerprint density at radius 2 is 1.11 bits per heavy atom. The van der Waals surface area contributed by atoms with Crippen molar-refractivity contribution in [2.24, 2.45) is 0 Å². The summed E-state index contributed by atoms with van der Waals surface area (Å²) in [5.41, 5.74) is 5.72. The molecule has 7 N–H and O–H groups in total. The second-order valence-electron chi connectivity index (χ2n) is 9.30. The van der Waals surface area contributed by atoms with E-state index in [-0.39, 0.29) is 52.1 Å². The zero-order chi connectivity index (χ0) is 24.6. The first-order valence-electron chi connectivity index (χ1n) is 11.2. The van der Waals surface area contributed by atoms with E-state index in [0.717, 1.165) is 22.3 Å². The first-order chi connectivity index (χ1) is 16.7. The van der Waals surface area contributed by atoms with Crippen LogP contribution in [0.4, 0.5) is 0 Å². The van der Waals surface area contributed by atoms with Gasteiger partial charge in [0, 0.05) is 23.5 Å². The van der Waals surface area contributed by atoms with Gasteiger partial charge in [0.1, 0.15) is 17.2 Å². The highest BCUT2D eigenvalue weighted by Crippen LogP contribution is 2.55. The third-order valence-electron chi connectivity index (χ3n) is 7.23. The van der Waals surface area contributed by atoms with E-state index in [1.165, 1.54) is 30.3 Å². The summed E-state index contributed by atoms with van der Waals surface area (Å²) in [6, 6.07) is 13.7. The molecule has 0 radical (unpaired) electrons. The van der Waals surface area contributed by atoms with E-state index in [9.17, 15) is 35.7 Å². The average molecular weight is 470 g/mol. The van der Waals surface area contributed by atoms with Crippen molar-refractivity contribution in [2.75, 3.05) is 0 Å². The molecule has 4 aromatic carbocycles. The normalized spacial score (nSPS) is 17.7. The number of aromatic hydroxyl groups is 7. The van der Waals surface area contributed by atoms with Gasteiger partial charge in [0.15, 0.2) is 23.0 Å². The molecule has 4 aromatic rings. The number of fused-ring (bicyclic) bond motifs is 4. The molecule has 0 aromatic heterocycles. The molecule has 7 nitrogen and oxygen atoms in total. The Kier molecular flexibility index (Phi) is 4.35. The topological polar surface area (TPSA) is 142 Å². The molecule has 0 aliphatic heterocycles. The summed E-state index contributed by atoms with van der Waals surface area (Å²) < 4.78 is 0. The highest BCUT2D eigenvalue weighted by atomic mass is 16.3. The van der Waals surface area contributed by atoms with Gasteiger partial charge < -0.3 is 35.7 Å². The second kappa shape index (κ2) is 7.24. The quantitative estimate of drug-likeness (QED) is 0.201. The Hall–Kier alpha value is -4.52. The van der Waals surface area contributed by atoms with Crippen molar-refractivity contribution < 1.29 is 35.7 Å². The molecule has 6 rings (SSSR count). The van der Waals surface area contributed by atoms with E-state index >= 15 is 0 Å². The maximum absolute atomic E-state index is 10.7. The van der Waals surface area contributed by atoms with Crippen LogP contribution in [0.15, 0.2) is 54.6 Å². The molecule has 7 heteroatoms. The number of hydrogen-bond acceptors (Lipinski definition) is 7. The largest absolute Gasteiger partial charge is 0.508 e. The van der Waals surface area contributed by atoms with Crippen molar-refractivity contribution in [3.8, 4) is 51.4 Å². The zero-order valence-corrected chi connectivity index (χ0v) is 18.4. The van der Waals surface area contributed by atoms with E-state index in [2.05, 4.69) is 0 Å². The summed E-state index contributed by atoms with van der Waals surface area (Å²) in [6.07, 6.45) is 0.801. The maximum Gasteiger partial charge on any atom is 0.157 e. The monoisotopic (exact) mass is 470 g/mol. The van der Waals surface area contributed by atoms with Crippen molar-refractivity contribution in [1.82, 2.24) is 0 Å². The van der Waals surface area contributed by atoms with Crippen LogP contribution in [0.25, 0.3) is 11.1 Å². The Morgan fingerprint density at radius 3 is 1.83 bits per heavy atom. The van der Waals surface area contributed by atoms with Crippen molar-refractivity contribution >= 4 is 0 Å². The lowest BCUT2D eigenvalue weighted by atomic mass is 9.73. The van der Waals surface area contributed by atoms with Gasteiger partial charge in [-0.15, -0.1) is 0 Å². The molecule has 35 heavy (non-hydrogen) atoms. The molecule has 176 valence electrons. The van der Waals surface area contributed by atoms with Crippen LogP contribution in [0.5, 0.6) is 40.2 Å². The molecule has 0 saturated heterocycles. The molecule has 2 atom stereocenters. The molecule has 0 amide bonds.